The van der Waals surface area contributed by atoms with E-state index >= 15 is 0 Å². The maximum Gasteiger partial charge on any atom is 0.234 e. The third kappa shape index (κ3) is 7.30. The first kappa shape index (κ1) is 14.3. The molecular weight excluding hydrogens is 196 g/mol. The standard InChI is InChI=1S/C10H22N2O3/c1-3-8(4-2)11-6-10(15)12-5-9(14)7-13/h8-9,11,13-14H,3-7H2,1-2H3,(H,12,15)/t9-/m0/s1. The molecule has 0 aromatic heterocycles. The molecule has 0 radical (unpaired) electrons. The summed E-state index contributed by atoms with van der Waals surface area (Å²) in [6, 6.07) is 0.360. The first-order valence-electron chi connectivity index (χ1n) is 5.43. The van der Waals surface area contributed by atoms with Gasteiger partial charge in [-0.25, -0.2) is 0 Å². The quantitative estimate of drug-likeness (QED) is 0.431. The van der Waals surface area contributed by atoms with E-state index in [-0.39, 0.29) is 25.6 Å². The molecule has 0 bridgehead atoms. The van der Waals surface area contributed by atoms with Crippen molar-refractivity contribution in [1.29, 1.82) is 0 Å². The topological polar surface area (TPSA) is 81.6 Å². The van der Waals surface area contributed by atoms with E-state index < -0.39 is 6.10 Å². The van der Waals surface area contributed by atoms with E-state index in [1.807, 2.05) is 0 Å². The fourth-order valence-corrected chi connectivity index (χ4v) is 1.17. The van der Waals surface area contributed by atoms with Crippen molar-refractivity contribution < 1.29 is 15.0 Å². The van der Waals surface area contributed by atoms with Gasteiger partial charge in [-0.2, -0.15) is 0 Å². The van der Waals surface area contributed by atoms with Crippen molar-refractivity contribution in [2.75, 3.05) is 19.7 Å². The molecular formula is C10H22N2O3. The predicted molar refractivity (Wildman–Crippen MR) is 58.5 cm³/mol. The third-order valence-corrected chi connectivity index (χ3v) is 2.28. The summed E-state index contributed by atoms with van der Waals surface area (Å²) < 4.78 is 0. The lowest BCUT2D eigenvalue weighted by Gasteiger charge is -2.15. The normalized spacial score (nSPS) is 12.9. The number of hydrogen-bond acceptors (Lipinski definition) is 4. The summed E-state index contributed by atoms with van der Waals surface area (Å²) in [5.41, 5.74) is 0. The lowest BCUT2D eigenvalue weighted by Crippen LogP contribution is -2.41. The van der Waals surface area contributed by atoms with Crippen LogP contribution in [0.2, 0.25) is 0 Å². The second kappa shape index (κ2) is 8.64. The van der Waals surface area contributed by atoms with E-state index in [1.54, 1.807) is 0 Å². The van der Waals surface area contributed by atoms with Gasteiger partial charge in [0.05, 0.1) is 19.3 Å². The second-order valence-corrected chi connectivity index (χ2v) is 3.53. The number of amides is 1. The third-order valence-electron chi connectivity index (χ3n) is 2.28. The summed E-state index contributed by atoms with van der Waals surface area (Å²) in [6.07, 6.45) is 1.11. The molecule has 0 heterocycles. The summed E-state index contributed by atoms with van der Waals surface area (Å²) in [6.45, 7) is 4.15. The molecule has 0 aliphatic rings. The number of rotatable bonds is 8. The van der Waals surface area contributed by atoms with Crippen LogP contribution in [0.15, 0.2) is 0 Å². The number of aliphatic hydroxyl groups is 2. The van der Waals surface area contributed by atoms with Gasteiger partial charge in [-0.3, -0.25) is 4.79 Å². The number of nitrogens with one attached hydrogen (secondary N) is 2. The maximum absolute atomic E-state index is 11.2. The van der Waals surface area contributed by atoms with Crippen molar-refractivity contribution in [2.45, 2.75) is 38.8 Å². The van der Waals surface area contributed by atoms with Crippen LogP contribution in [0.1, 0.15) is 26.7 Å². The van der Waals surface area contributed by atoms with Crippen LogP contribution in [0.4, 0.5) is 0 Å². The second-order valence-electron chi connectivity index (χ2n) is 3.53. The highest BCUT2D eigenvalue weighted by atomic mass is 16.3. The molecule has 5 heteroatoms. The van der Waals surface area contributed by atoms with Gasteiger partial charge < -0.3 is 20.8 Å². The highest BCUT2D eigenvalue weighted by Crippen LogP contribution is 1.94. The molecule has 0 unspecified atom stereocenters. The monoisotopic (exact) mass is 218 g/mol. The Morgan fingerprint density at radius 3 is 2.40 bits per heavy atom. The highest BCUT2D eigenvalue weighted by Gasteiger charge is 2.07. The van der Waals surface area contributed by atoms with Crippen LogP contribution in [-0.2, 0) is 4.79 Å². The van der Waals surface area contributed by atoms with Crippen molar-refractivity contribution in [1.82, 2.24) is 10.6 Å². The number of aliphatic hydroxyl groups excluding tert-OH is 2. The Labute approximate surface area is 90.9 Å². The molecule has 0 fully saturated rings. The summed E-state index contributed by atoms with van der Waals surface area (Å²) in [7, 11) is 0. The Kier molecular flexibility index (Phi) is 8.27. The zero-order chi connectivity index (χ0) is 11.7. The van der Waals surface area contributed by atoms with Crippen molar-refractivity contribution in [3.05, 3.63) is 0 Å². The molecule has 0 spiro atoms. The minimum Gasteiger partial charge on any atom is -0.394 e. The molecule has 0 aromatic rings. The number of carbonyl (C=O) groups is 1. The van der Waals surface area contributed by atoms with Gasteiger partial charge in [0, 0.05) is 12.6 Å². The number of hydrogen-bond donors (Lipinski definition) is 4. The minimum absolute atomic E-state index is 0.0972. The average molecular weight is 218 g/mol. The SMILES string of the molecule is CCC(CC)NCC(=O)NC[C@H](O)CO. The van der Waals surface area contributed by atoms with Crippen LogP contribution in [-0.4, -0.2) is 48.0 Å². The van der Waals surface area contributed by atoms with Crippen LogP contribution in [0.3, 0.4) is 0 Å². The predicted octanol–water partition coefficient (Wildman–Crippen LogP) is -0.766. The van der Waals surface area contributed by atoms with E-state index in [9.17, 15) is 4.79 Å². The van der Waals surface area contributed by atoms with Gasteiger partial charge in [0.2, 0.25) is 5.91 Å². The molecule has 1 amide bonds. The van der Waals surface area contributed by atoms with Gasteiger partial charge in [0.1, 0.15) is 0 Å². The first-order chi connectivity index (χ1) is 7.13. The van der Waals surface area contributed by atoms with E-state index in [0.29, 0.717) is 6.04 Å². The average Bonchev–Trinajstić information content (AvgIpc) is 2.27. The van der Waals surface area contributed by atoms with Gasteiger partial charge in [-0.1, -0.05) is 13.8 Å². The first-order valence-corrected chi connectivity index (χ1v) is 5.43. The van der Waals surface area contributed by atoms with Crippen LogP contribution in [0.25, 0.3) is 0 Å². The van der Waals surface area contributed by atoms with Gasteiger partial charge in [-0.15, -0.1) is 0 Å². The fraction of sp³-hybridized carbons (Fsp3) is 0.900. The van der Waals surface area contributed by atoms with Crippen molar-refractivity contribution >= 4 is 5.91 Å². The molecule has 15 heavy (non-hydrogen) atoms. The van der Waals surface area contributed by atoms with Gasteiger partial charge in [0.25, 0.3) is 0 Å². The lowest BCUT2D eigenvalue weighted by atomic mass is 10.2. The Bertz CT molecular complexity index is 172. The summed E-state index contributed by atoms with van der Waals surface area (Å²) in [5.74, 6) is -0.158. The highest BCUT2D eigenvalue weighted by molar-refractivity contribution is 5.78. The van der Waals surface area contributed by atoms with E-state index in [4.69, 9.17) is 10.2 Å². The Hall–Kier alpha value is -0.650. The maximum atomic E-state index is 11.2. The Balaban J connectivity index is 3.56. The van der Waals surface area contributed by atoms with Gasteiger partial charge in [-0.05, 0) is 12.8 Å². The molecule has 0 rings (SSSR count). The zero-order valence-corrected chi connectivity index (χ0v) is 9.49. The molecule has 0 aromatic carbocycles. The molecule has 4 N–H and O–H groups in total. The summed E-state index contributed by atoms with van der Waals surface area (Å²) >= 11 is 0. The summed E-state index contributed by atoms with van der Waals surface area (Å²) in [4.78, 5) is 11.2. The molecule has 5 nitrogen and oxygen atoms in total. The van der Waals surface area contributed by atoms with Crippen molar-refractivity contribution in [2.24, 2.45) is 0 Å². The van der Waals surface area contributed by atoms with E-state index in [0.717, 1.165) is 12.8 Å². The molecule has 0 aliphatic heterocycles. The van der Waals surface area contributed by atoms with Gasteiger partial charge in [0.15, 0.2) is 0 Å². The molecule has 1 atom stereocenters. The minimum atomic E-state index is -0.873. The van der Waals surface area contributed by atoms with Crippen LogP contribution in [0, 0.1) is 0 Å². The molecule has 0 saturated heterocycles. The molecule has 0 saturated carbocycles. The van der Waals surface area contributed by atoms with Crippen molar-refractivity contribution in [3.63, 3.8) is 0 Å². The van der Waals surface area contributed by atoms with E-state index in [2.05, 4.69) is 24.5 Å². The molecule has 90 valence electrons. The fourth-order valence-electron chi connectivity index (χ4n) is 1.17. The molecule has 0 aliphatic carbocycles. The summed E-state index contributed by atoms with van der Waals surface area (Å²) in [5, 5.41) is 23.1. The van der Waals surface area contributed by atoms with E-state index in [1.165, 1.54) is 0 Å². The van der Waals surface area contributed by atoms with Gasteiger partial charge >= 0.3 is 0 Å². The van der Waals surface area contributed by atoms with Crippen LogP contribution < -0.4 is 10.6 Å². The van der Waals surface area contributed by atoms with Crippen molar-refractivity contribution in [3.8, 4) is 0 Å². The Morgan fingerprint density at radius 2 is 1.93 bits per heavy atom. The van der Waals surface area contributed by atoms with Crippen LogP contribution >= 0.6 is 0 Å². The number of carbonyl (C=O) groups excluding carboxylic acids is 1. The largest absolute Gasteiger partial charge is 0.394 e. The Morgan fingerprint density at radius 1 is 1.33 bits per heavy atom. The van der Waals surface area contributed by atoms with Crippen LogP contribution in [0.5, 0.6) is 0 Å². The zero-order valence-electron chi connectivity index (χ0n) is 9.49. The lowest BCUT2D eigenvalue weighted by molar-refractivity contribution is -0.120. The smallest absolute Gasteiger partial charge is 0.234 e.